The molecule has 1 N–H and O–H groups in total. The molecule has 0 aliphatic heterocycles. The zero-order chi connectivity index (χ0) is 21.6. The molecule has 0 bridgehead atoms. The van der Waals surface area contributed by atoms with Gasteiger partial charge in [0.1, 0.15) is 11.4 Å². The van der Waals surface area contributed by atoms with Crippen molar-refractivity contribution in [2.24, 2.45) is 5.10 Å². The monoisotopic (exact) mass is 420 g/mol. The fourth-order valence-corrected chi connectivity index (χ4v) is 4.15. The normalized spacial score (nSPS) is 12.1. The van der Waals surface area contributed by atoms with Crippen LogP contribution in [0.25, 0.3) is 0 Å². The Bertz CT molecular complexity index is 1000. The van der Waals surface area contributed by atoms with Crippen LogP contribution >= 0.6 is 0 Å². The number of rotatable bonds is 9. The average molecular weight is 420 g/mol. The second kappa shape index (κ2) is 9.48. The topological polar surface area (TPSA) is 114 Å². The molecule has 2 aromatic carbocycles. The van der Waals surface area contributed by atoms with Gasteiger partial charge < -0.3 is 4.74 Å². The van der Waals surface area contributed by atoms with Gasteiger partial charge in [0.15, 0.2) is 0 Å². The molecular weight excluding hydrogens is 396 g/mol. The Kier molecular flexibility index (Phi) is 7.29. The highest BCUT2D eigenvalue weighted by Gasteiger charge is 2.25. The molecule has 0 unspecified atom stereocenters. The van der Waals surface area contributed by atoms with Crippen LogP contribution in [0.1, 0.15) is 26.3 Å². The highest BCUT2D eigenvalue weighted by atomic mass is 32.2. The number of hydrogen-bond donors (Lipinski definition) is 1. The minimum absolute atomic E-state index is 0.0985. The fraction of sp³-hybridized carbons (Fsp3) is 0.316. The van der Waals surface area contributed by atoms with Crippen molar-refractivity contribution < 1.29 is 18.1 Å². The first-order valence-corrected chi connectivity index (χ1v) is 10.4. The molecule has 0 saturated heterocycles. The highest BCUT2D eigenvalue weighted by molar-refractivity contribution is 7.89. The molecular formula is C19H24N4O5S. The highest BCUT2D eigenvalue weighted by Crippen LogP contribution is 2.29. The van der Waals surface area contributed by atoms with Crippen LogP contribution in [-0.4, -0.2) is 43.6 Å². The van der Waals surface area contributed by atoms with E-state index in [0.29, 0.717) is 11.5 Å². The van der Waals surface area contributed by atoms with E-state index in [2.05, 4.69) is 10.5 Å². The number of hydrazone groups is 1. The van der Waals surface area contributed by atoms with E-state index in [9.17, 15) is 18.5 Å². The number of nitro groups is 1. The third-order valence-electron chi connectivity index (χ3n) is 4.36. The molecule has 0 saturated carbocycles. The number of hydrogen-bond acceptors (Lipinski definition) is 7. The van der Waals surface area contributed by atoms with Crippen molar-refractivity contribution in [2.45, 2.75) is 25.7 Å². The summed E-state index contributed by atoms with van der Waals surface area (Å²) in [6.07, 6.45) is 0. The lowest BCUT2D eigenvalue weighted by atomic mass is 10.1. The van der Waals surface area contributed by atoms with Gasteiger partial charge in [-0.05, 0) is 48.9 Å². The molecule has 0 amide bonds. The zero-order valence-electron chi connectivity index (χ0n) is 16.7. The van der Waals surface area contributed by atoms with E-state index in [0.717, 1.165) is 11.6 Å². The van der Waals surface area contributed by atoms with Gasteiger partial charge in [-0.15, -0.1) is 0 Å². The van der Waals surface area contributed by atoms with E-state index in [4.69, 9.17) is 4.74 Å². The summed E-state index contributed by atoms with van der Waals surface area (Å²) in [6, 6.07) is 10.9. The van der Waals surface area contributed by atoms with Crippen LogP contribution in [-0.2, 0) is 10.0 Å². The predicted molar refractivity (Wildman–Crippen MR) is 112 cm³/mol. The molecule has 0 aliphatic rings. The number of methoxy groups -OCH3 is 1. The lowest BCUT2D eigenvalue weighted by Crippen LogP contribution is -2.30. The van der Waals surface area contributed by atoms with E-state index >= 15 is 0 Å². The van der Waals surface area contributed by atoms with Crippen LogP contribution in [0.4, 0.5) is 11.4 Å². The number of nitrogens with zero attached hydrogens (tertiary/aromatic N) is 3. The first-order valence-electron chi connectivity index (χ1n) is 8.97. The second-order valence-corrected chi connectivity index (χ2v) is 8.00. The standard InChI is InChI=1S/C19H24N4O5S/c1-5-22(6-2)29(26,27)17-11-12-18(19(13-17)23(24)25)21-20-14(3)15-7-9-16(28-4)10-8-15/h7-13,21H,5-6H2,1-4H3. The molecule has 9 nitrogen and oxygen atoms in total. The predicted octanol–water partition coefficient (Wildman–Crippen LogP) is 3.47. The Morgan fingerprint density at radius 3 is 2.31 bits per heavy atom. The van der Waals surface area contributed by atoms with Crippen molar-refractivity contribution in [1.29, 1.82) is 0 Å². The molecule has 156 valence electrons. The largest absolute Gasteiger partial charge is 0.497 e. The van der Waals surface area contributed by atoms with Crippen molar-refractivity contribution in [3.8, 4) is 5.75 Å². The van der Waals surface area contributed by atoms with Crippen LogP contribution in [0.2, 0.25) is 0 Å². The molecule has 2 aromatic rings. The molecule has 0 heterocycles. The molecule has 29 heavy (non-hydrogen) atoms. The summed E-state index contributed by atoms with van der Waals surface area (Å²) in [5.41, 5.74) is 3.80. The Hall–Kier alpha value is -2.98. The minimum atomic E-state index is -3.80. The third-order valence-corrected chi connectivity index (χ3v) is 6.41. The van der Waals surface area contributed by atoms with Gasteiger partial charge in [-0.1, -0.05) is 13.8 Å². The molecule has 0 aliphatic carbocycles. The van der Waals surface area contributed by atoms with E-state index in [-0.39, 0.29) is 29.4 Å². The SMILES string of the molecule is CCN(CC)S(=O)(=O)c1ccc(NN=C(C)c2ccc(OC)cc2)c([N+](=O)[O-])c1. The summed E-state index contributed by atoms with van der Waals surface area (Å²) >= 11 is 0. The molecule has 0 fully saturated rings. The molecule has 0 radical (unpaired) electrons. The van der Waals surface area contributed by atoms with Crippen molar-refractivity contribution in [3.63, 3.8) is 0 Å². The minimum Gasteiger partial charge on any atom is -0.497 e. The van der Waals surface area contributed by atoms with Gasteiger partial charge in [0.25, 0.3) is 5.69 Å². The Morgan fingerprint density at radius 1 is 1.17 bits per heavy atom. The first-order chi connectivity index (χ1) is 13.7. The van der Waals surface area contributed by atoms with Gasteiger partial charge in [-0.2, -0.15) is 9.41 Å². The second-order valence-electron chi connectivity index (χ2n) is 6.06. The van der Waals surface area contributed by atoms with Crippen LogP contribution in [0.15, 0.2) is 52.5 Å². The number of ether oxygens (including phenoxy) is 1. The lowest BCUT2D eigenvalue weighted by Gasteiger charge is -2.18. The lowest BCUT2D eigenvalue weighted by molar-refractivity contribution is -0.384. The third kappa shape index (κ3) is 5.09. The van der Waals surface area contributed by atoms with E-state index < -0.39 is 14.9 Å². The van der Waals surface area contributed by atoms with E-state index in [1.54, 1.807) is 40.0 Å². The fourth-order valence-electron chi connectivity index (χ4n) is 2.67. The number of nitro benzene ring substituents is 1. The maximum Gasteiger partial charge on any atom is 0.295 e. The van der Waals surface area contributed by atoms with Gasteiger partial charge in [-0.3, -0.25) is 15.5 Å². The van der Waals surface area contributed by atoms with Crippen molar-refractivity contribution in [3.05, 3.63) is 58.1 Å². The Balaban J connectivity index is 2.34. The molecule has 0 aromatic heterocycles. The molecule has 10 heteroatoms. The van der Waals surface area contributed by atoms with Crippen molar-refractivity contribution in [2.75, 3.05) is 25.6 Å². The first kappa shape index (κ1) is 22.3. The van der Waals surface area contributed by atoms with E-state index in [1.807, 2.05) is 12.1 Å². The van der Waals surface area contributed by atoms with Crippen LogP contribution in [0.5, 0.6) is 5.75 Å². The molecule has 0 spiro atoms. The zero-order valence-corrected chi connectivity index (χ0v) is 17.6. The van der Waals surface area contributed by atoms with Crippen molar-refractivity contribution in [1.82, 2.24) is 4.31 Å². The van der Waals surface area contributed by atoms with Crippen LogP contribution in [0.3, 0.4) is 0 Å². The van der Waals surface area contributed by atoms with Gasteiger partial charge in [-0.25, -0.2) is 8.42 Å². The average Bonchev–Trinajstić information content (AvgIpc) is 2.72. The summed E-state index contributed by atoms with van der Waals surface area (Å²) in [5, 5.41) is 15.7. The van der Waals surface area contributed by atoms with E-state index in [1.165, 1.54) is 16.4 Å². The maximum absolute atomic E-state index is 12.6. The molecule has 2 rings (SSSR count). The summed E-state index contributed by atoms with van der Waals surface area (Å²) in [6.45, 7) is 5.72. The summed E-state index contributed by atoms with van der Waals surface area (Å²) in [5.74, 6) is 0.704. The van der Waals surface area contributed by atoms with Crippen molar-refractivity contribution >= 4 is 27.1 Å². The summed E-state index contributed by atoms with van der Waals surface area (Å²) in [7, 11) is -2.23. The van der Waals surface area contributed by atoms with Gasteiger partial charge >= 0.3 is 0 Å². The van der Waals surface area contributed by atoms with Gasteiger partial charge in [0.2, 0.25) is 10.0 Å². The van der Waals surface area contributed by atoms with Gasteiger partial charge in [0.05, 0.1) is 22.6 Å². The maximum atomic E-state index is 12.6. The van der Waals surface area contributed by atoms with Crippen LogP contribution in [0, 0.1) is 10.1 Å². The smallest absolute Gasteiger partial charge is 0.295 e. The quantitative estimate of drug-likeness (QED) is 0.377. The Morgan fingerprint density at radius 2 is 1.79 bits per heavy atom. The summed E-state index contributed by atoms with van der Waals surface area (Å²) in [4.78, 5) is 10.7. The molecule has 0 atom stereocenters. The number of anilines is 1. The Labute approximate surface area is 170 Å². The number of sulfonamides is 1. The summed E-state index contributed by atoms with van der Waals surface area (Å²) < 4.78 is 31.6. The van der Waals surface area contributed by atoms with Crippen LogP contribution < -0.4 is 10.2 Å². The number of benzene rings is 2. The van der Waals surface area contributed by atoms with Gasteiger partial charge in [0, 0.05) is 19.2 Å². The number of nitrogens with one attached hydrogen (secondary N) is 1.